The lowest BCUT2D eigenvalue weighted by atomic mass is 10.0. The number of amides is 2. The molecule has 24 heavy (non-hydrogen) atoms. The SMILES string of the molecule is Cc1nc2ccc3nc(NC(=O)N4CCC(C)C4CO)sc3c2s1. The van der Waals surface area contributed by atoms with Crippen LogP contribution in [0, 0.1) is 12.8 Å². The Labute approximate surface area is 147 Å². The number of hydrogen-bond donors (Lipinski definition) is 2. The van der Waals surface area contributed by atoms with E-state index in [1.54, 1.807) is 16.2 Å². The second kappa shape index (κ2) is 5.94. The molecule has 8 heteroatoms. The number of fused-ring (bicyclic) bond motifs is 3. The molecule has 0 spiro atoms. The van der Waals surface area contributed by atoms with Gasteiger partial charge in [-0.2, -0.15) is 0 Å². The largest absolute Gasteiger partial charge is 0.394 e. The molecule has 4 rings (SSSR count). The van der Waals surface area contributed by atoms with Crippen LogP contribution in [0.3, 0.4) is 0 Å². The Morgan fingerprint density at radius 3 is 2.79 bits per heavy atom. The Morgan fingerprint density at radius 2 is 2.04 bits per heavy atom. The number of likely N-dealkylation sites (tertiary alicyclic amines) is 1. The van der Waals surface area contributed by atoms with Gasteiger partial charge in [-0.1, -0.05) is 18.3 Å². The molecular formula is C16H18N4O2S2. The number of aryl methyl sites for hydroxylation is 1. The molecule has 1 aliphatic rings. The summed E-state index contributed by atoms with van der Waals surface area (Å²) in [6, 6.07) is 3.61. The molecular weight excluding hydrogens is 344 g/mol. The monoisotopic (exact) mass is 362 g/mol. The van der Waals surface area contributed by atoms with Crippen molar-refractivity contribution in [3.05, 3.63) is 17.1 Å². The summed E-state index contributed by atoms with van der Waals surface area (Å²) in [5, 5.41) is 14.0. The number of aliphatic hydroxyl groups excluding tert-OH is 1. The van der Waals surface area contributed by atoms with Crippen LogP contribution in [0.2, 0.25) is 0 Å². The fourth-order valence-corrected chi connectivity index (χ4v) is 5.24. The lowest BCUT2D eigenvalue weighted by Gasteiger charge is -2.24. The third-order valence-corrected chi connectivity index (χ3v) is 6.70. The number of aromatic nitrogens is 2. The Balaban J connectivity index is 1.63. The van der Waals surface area contributed by atoms with E-state index in [0.29, 0.717) is 17.6 Å². The Morgan fingerprint density at radius 1 is 1.33 bits per heavy atom. The van der Waals surface area contributed by atoms with Crippen LogP contribution in [-0.4, -0.2) is 45.2 Å². The topological polar surface area (TPSA) is 78.4 Å². The minimum atomic E-state index is -0.186. The maximum absolute atomic E-state index is 12.5. The molecule has 2 amide bonds. The fraction of sp³-hybridized carbons (Fsp3) is 0.438. The van der Waals surface area contributed by atoms with Gasteiger partial charge >= 0.3 is 6.03 Å². The first-order valence-corrected chi connectivity index (χ1v) is 9.55. The number of benzene rings is 1. The highest BCUT2D eigenvalue weighted by atomic mass is 32.1. The summed E-state index contributed by atoms with van der Waals surface area (Å²) < 4.78 is 2.17. The van der Waals surface area contributed by atoms with E-state index < -0.39 is 0 Å². The second-order valence-corrected chi connectivity index (χ2v) is 8.36. The number of nitrogens with zero attached hydrogens (tertiary/aromatic N) is 3. The predicted molar refractivity (Wildman–Crippen MR) is 97.9 cm³/mol. The summed E-state index contributed by atoms with van der Waals surface area (Å²) >= 11 is 3.12. The number of carbonyl (C=O) groups is 1. The van der Waals surface area contributed by atoms with Gasteiger partial charge in [0.2, 0.25) is 0 Å². The van der Waals surface area contributed by atoms with Crippen molar-refractivity contribution in [1.29, 1.82) is 0 Å². The minimum Gasteiger partial charge on any atom is -0.394 e. The minimum absolute atomic E-state index is 0.00477. The number of urea groups is 1. The molecule has 3 aromatic rings. The van der Waals surface area contributed by atoms with E-state index in [4.69, 9.17) is 0 Å². The van der Waals surface area contributed by atoms with Gasteiger partial charge in [0, 0.05) is 6.54 Å². The summed E-state index contributed by atoms with van der Waals surface area (Å²) in [7, 11) is 0. The van der Waals surface area contributed by atoms with Gasteiger partial charge in [0.25, 0.3) is 0 Å². The lowest BCUT2D eigenvalue weighted by Crippen LogP contribution is -2.42. The zero-order chi connectivity index (χ0) is 16.8. The first-order valence-electron chi connectivity index (χ1n) is 7.92. The zero-order valence-electron chi connectivity index (χ0n) is 13.4. The van der Waals surface area contributed by atoms with E-state index in [1.165, 1.54) is 11.3 Å². The van der Waals surface area contributed by atoms with Gasteiger partial charge in [0.1, 0.15) is 0 Å². The molecule has 2 N–H and O–H groups in total. The van der Waals surface area contributed by atoms with E-state index >= 15 is 0 Å². The smallest absolute Gasteiger partial charge is 0.323 e. The van der Waals surface area contributed by atoms with Crippen LogP contribution >= 0.6 is 22.7 Å². The van der Waals surface area contributed by atoms with Gasteiger partial charge in [0.05, 0.1) is 38.1 Å². The van der Waals surface area contributed by atoms with Crippen molar-refractivity contribution < 1.29 is 9.90 Å². The molecule has 6 nitrogen and oxygen atoms in total. The maximum Gasteiger partial charge on any atom is 0.323 e. The molecule has 2 unspecified atom stereocenters. The number of thiazole rings is 2. The fourth-order valence-electron chi connectivity index (χ4n) is 3.24. The zero-order valence-corrected chi connectivity index (χ0v) is 15.1. The summed E-state index contributed by atoms with van der Waals surface area (Å²) in [4.78, 5) is 23.3. The first kappa shape index (κ1) is 15.7. The Hall–Kier alpha value is -1.77. The summed E-state index contributed by atoms with van der Waals surface area (Å²) in [5.41, 5.74) is 1.85. The molecule has 2 atom stereocenters. The highest BCUT2D eigenvalue weighted by molar-refractivity contribution is 7.28. The van der Waals surface area contributed by atoms with Gasteiger partial charge in [0.15, 0.2) is 5.13 Å². The van der Waals surface area contributed by atoms with Gasteiger partial charge in [-0.15, -0.1) is 11.3 Å². The van der Waals surface area contributed by atoms with Crippen LogP contribution in [0.15, 0.2) is 12.1 Å². The molecule has 0 radical (unpaired) electrons. The molecule has 1 fully saturated rings. The van der Waals surface area contributed by atoms with Crippen molar-refractivity contribution in [2.24, 2.45) is 5.92 Å². The van der Waals surface area contributed by atoms with Crippen LogP contribution in [0.5, 0.6) is 0 Å². The number of aliphatic hydroxyl groups is 1. The molecule has 0 saturated carbocycles. The maximum atomic E-state index is 12.5. The van der Waals surface area contributed by atoms with Crippen molar-refractivity contribution in [2.45, 2.75) is 26.3 Å². The highest BCUT2D eigenvalue weighted by Gasteiger charge is 2.34. The van der Waals surface area contributed by atoms with Gasteiger partial charge in [-0.25, -0.2) is 14.8 Å². The molecule has 2 aromatic heterocycles. The normalized spacial score (nSPS) is 21.0. The van der Waals surface area contributed by atoms with Crippen LogP contribution in [0.25, 0.3) is 20.4 Å². The molecule has 1 aliphatic heterocycles. The van der Waals surface area contributed by atoms with Crippen molar-refractivity contribution in [3.63, 3.8) is 0 Å². The van der Waals surface area contributed by atoms with E-state index in [9.17, 15) is 9.90 Å². The Kier molecular flexibility index (Phi) is 3.90. The van der Waals surface area contributed by atoms with Gasteiger partial charge in [-0.05, 0) is 31.4 Å². The first-order chi connectivity index (χ1) is 11.6. The van der Waals surface area contributed by atoms with E-state index in [2.05, 4.69) is 22.2 Å². The van der Waals surface area contributed by atoms with Crippen LogP contribution in [-0.2, 0) is 0 Å². The number of carbonyl (C=O) groups excluding carboxylic acids is 1. The third-order valence-electron chi connectivity index (χ3n) is 4.56. The van der Waals surface area contributed by atoms with E-state index in [1.807, 2.05) is 19.1 Å². The van der Waals surface area contributed by atoms with Crippen molar-refractivity contribution in [3.8, 4) is 0 Å². The summed E-state index contributed by atoms with van der Waals surface area (Å²) in [6.45, 7) is 4.72. The van der Waals surface area contributed by atoms with Gasteiger partial charge in [-0.3, -0.25) is 5.32 Å². The van der Waals surface area contributed by atoms with Crippen molar-refractivity contribution in [1.82, 2.24) is 14.9 Å². The molecule has 3 heterocycles. The van der Waals surface area contributed by atoms with E-state index in [0.717, 1.165) is 31.9 Å². The molecule has 0 aliphatic carbocycles. The molecule has 1 saturated heterocycles. The third kappa shape index (κ3) is 2.54. The van der Waals surface area contributed by atoms with Crippen LogP contribution in [0.1, 0.15) is 18.4 Å². The highest BCUT2D eigenvalue weighted by Crippen LogP contribution is 2.36. The molecule has 126 valence electrons. The van der Waals surface area contributed by atoms with Crippen molar-refractivity contribution >= 4 is 54.3 Å². The standard InChI is InChI=1S/C16H18N4O2S2/c1-8-5-6-20(12(8)7-21)16(22)19-15-18-11-4-3-10-13(14(11)24-15)23-9(2)17-10/h3-4,8,12,21H,5-7H2,1-2H3,(H,18,19,22). The average molecular weight is 362 g/mol. The van der Waals surface area contributed by atoms with Crippen LogP contribution < -0.4 is 5.32 Å². The average Bonchev–Trinajstić information content (AvgIpc) is 3.21. The molecule has 1 aromatic carbocycles. The van der Waals surface area contributed by atoms with E-state index in [-0.39, 0.29) is 18.7 Å². The molecule has 0 bridgehead atoms. The lowest BCUT2D eigenvalue weighted by molar-refractivity contribution is 0.152. The Bertz CT molecular complexity index is 919. The quantitative estimate of drug-likeness (QED) is 0.732. The van der Waals surface area contributed by atoms with Crippen LogP contribution in [0.4, 0.5) is 9.93 Å². The number of anilines is 1. The van der Waals surface area contributed by atoms with Crippen molar-refractivity contribution in [2.75, 3.05) is 18.5 Å². The summed E-state index contributed by atoms with van der Waals surface area (Å²) in [6.07, 6.45) is 0.916. The predicted octanol–water partition coefficient (Wildman–Crippen LogP) is 3.45. The number of hydrogen-bond acceptors (Lipinski definition) is 6. The summed E-state index contributed by atoms with van der Waals surface area (Å²) in [5.74, 6) is 0.316. The second-order valence-electron chi connectivity index (χ2n) is 6.15. The van der Waals surface area contributed by atoms with Gasteiger partial charge < -0.3 is 10.0 Å². The number of rotatable bonds is 2. The number of nitrogens with one attached hydrogen (secondary N) is 1.